The summed E-state index contributed by atoms with van der Waals surface area (Å²) in [5, 5.41) is 3.44. The zero-order valence-corrected chi connectivity index (χ0v) is 12.9. The molecule has 3 nitrogen and oxygen atoms in total. The first-order valence-corrected chi connectivity index (χ1v) is 7.24. The van der Waals surface area contributed by atoms with E-state index in [4.69, 9.17) is 5.73 Å². The van der Waals surface area contributed by atoms with Crippen LogP contribution in [0.3, 0.4) is 0 Å². The Kier molecular flexibility index (Phi) is 4.93. The van der Waals surface area contributed by atoms with Crippen LogP contribution in [0.4, 0.5) is 0 Å². The smallest absolute Gasteiger partial charge is 0.248 e. The number of carbonyl (C=O) groups is 1. The number of benzene rings is 2. The molecule has 2 aromatic rings. The van der Waals surface area contributed by atoms with Crippen molar-refractivity contribution in [2.75, 3.05) is 0 Å². The van der Waals surface area contributed by atoms with Gasteiger partial charge in [0.15, 0.2) is 0 Å². The van der Waals surface area contributed by atoms with Crippen molar-refractivity contribution >= 4 is 21.8 Å². The van der Waals surface area contributed by atoms with Crippen molar-refractivity contribution in [1.29, 1.82) is 0 Å². The molecule has 0 fully saturated rings. The Morgan fingerprint density at radius 1 is 1.25 bits per heavy atom. The molecule has 0 saturated carbocycles. The fourth-order valence-corrected chi connectivity index (χ4v) is 2.67. The van der Waals surface area contributed by atoms with Gasteiger partial charge in [0.1, 0.15) is 0 Å². The SMILES string of the molecule is C[C@H](NCc1cccc(C(N)=O)c1)c1ccccc1Br. The minimum absolute atomic E-state index is 0.211. The van der Waals surface area contributed by atoms with Gasteiger partial charge in [0.25, 0.3) is 0 Å². The molecule has 2 aromatic carbocycles. The zero-order chi connectivity index (χ0) is 14.5. The minimum Gasteiger partial charge on any atom is -0.366 e. The van der Waals surface area contributed by atoms with Gasteiger partial charge in [-0.2, -0.15) is 0 Å². The maximum Gasteiger partial charge on any atom is 0.248 e. The topological polar surface area (TPSA) is 55.1 Å². The number of hydrogen-bond acceptors (Lipinski definition) is 2. The van der Waals surface area contributed by atoms with Crippen LogP contribution in [0.25, 0.3) is 0 Å². The number of primary amides is 1. The van der Waals surface area contributed by atoms with Crippen LogP contribution < -0.4 is 11.1 Å². The fourth-order valence-electron chi connectivity index (χ4n) is 2.04. The van der Waals surface area contributed by atoms with Gasteiger partial charge in [-0.05, 0) is 36.2 Å². The molecule has 1 atom stereocenters. The standard InChI is InChI=1S/C16H17BrN2O/c1-11(14-7-2-3-8-15(14)17)19-10-12-5-4-6-13(9-12)16(18)20/h2-9,11,19H,10H2,1H3,(H2,18,20)/t11-/m0/s1. The third-order valence-electron chi connectivity index (χ3n) is 3.20. The van der Waals surface area contributed by atoms with Gasteiger partial charge in [0, 0.05) is 22.6 Å². The largest absolute Gasteiger partial charge is 0.366 e. The summed E-state index contributed by atoms with van der Waals surface area (Å²) >= 11 is 3.55. The Morgan fingerprint density at radius 2 is 2.00 bits per heavy atom. The predicted molar refractivity (Wildman–Crippen MR) is 84.4 cm³/mol. The Balaban J connectivity index is 2.04. The van der Waals surface area contributed by atoms with E-state index in [1.807, 2.05) is 36.4 Å². The lowest BCUT2D eigenvalue weighted by Crippen LogP contribution is -2.19. The normalized spacial score (nSPS) is 12.1. The molecule has 0 aliphatic rings. The van der Waals surface area contributed by atoms with Crippen molar-refractivity contribution < 1.29 is 4.79 Å². The van der Waals surface area contributed by atoms with Crippen LogP contribution in [0.15, 0.2) is 53.0 Å². The second-order valence-electron chi connectivity index (χ2n) is 4.69. The summed E-state index contributed by atoms with van der Waals surface area (Å²) in [6, 6.07) is 15.7. The summed E-state index contributed by atoms with van der Waals surface area (Å²) in [7, 11) is 0. The van der Waals surface area contributed by atoms with Gasteiger partial charge in [-0.1, -0.05) is 46.3 Å². The van der Waals surface area contributed by atoms with Gasteiger partial charge >= 0.3 is 0 Å². The molecule has 104 valence electrons. The molecule has 0 radical (unpaired) electrons. The second-order valence-corrected chi connectivity index (χ2v) is 5.54. The number of nitrogens with one attached hydrogen (secondary N) is 1. The van der Waals surface area contributed by atoms with Crippen molar-refractivity contribution in [3.05, 3.63) is 69.7 Å². The molecule has 0 unspecified atom stereocenters. The van der Waals surface area contributed by atoms with Crippen molar-refractivity contribution in [3.8, 4) is 0 Å². The van der Waals surface area contributed by atoms with Crippen molar-refractivity contribution in [2.45, 2.75) is 19.5 Å². The molecule has 4 heteroatoms. The number of carbonyl (C=O) groups excluding carboxylic acids is 1. The average molecular weight is 333 g/mol. The van der Waals surface area contributed by atoms with E-state index in [0.717, 1.165) is 10.0 Å². The van der Waals surface area contributed by atoms with E-state index in [2.05, 4.69) is 34.2 Å². The Bertz CT molecular complexity index is 613. The van der Waals surface area contributed by atoms with E-state index in [0.29, 0.717) is 12.1 Å². The third-order valence-corrected chi connectivity index (χ3v) is 3.92. The van der Waals surface area contributed by atoms with Gasteiger partial charge in [0.05, 0.1) is 0 Å². The molecule has 0 spiro atoms. The molecule has 0 aliphatic carbocycles. The van der Waals surface area contributed by atoms with Crippen LogP contribution in [0.5, 0.6) is 0 Å². The summed E-state index contributed by atoms with van der Waals surface area (Å²) < 4.78 is 1.09. The van der Waals surface area contributed by atoms with E-state index in [9.17, 15) is 4.79 Å². The highest BCUT2D eigenvalue weighted by Crippen LogP contribution is 2.23. The second kappa shape index (κ2) is 6.68. The monoisotopic (exact) mass is 332 g/mol. The summed E-state index contributed by atoms with van der Waals surface area (Å²) in [5.74, 6) is -0.397. The fraction of sp³-hybridized carbons (Fsp3) is 0.188. The number of nitrogens with two attached hydrogens (primary N) is 1. The molecule has 20 heavy (non-hydrogen) atoms. The maximum absolute atomic E-state index is 11.2. The minimum atomic E-state index is -0.397. The lowest BCUT2D eigenvalue weighted by Gasteiger charge is -2.16. The van der Waals surface area contributed by atoms with Gasteiger partial charge in [-0.25, -0.2) is 0 Å². The summed E-state index contributed by atoms with van der Waals surface area (Å²) in [6.07, 6.45) is 0. The number of hydrogen-bond donors (Lipinski definition) is 2. The summed E-state index contributed by atoms with van der Waals surface area (Å²) in [6.45, 7) is 2.79. The molecule has 0 aromatic heterocycles. The Hall–Kier alpha value is -1.65. The highest BCUT2D eigenvalue weighted by atomic mass is 79.9. The van der Waals surface area contributed by atoms with E-state index in [-0.39, 0.29) is 6.04 Å². The van der Waals surface area contributed by atoms with Crippen LogP contribution in [0.1, 0.15) is 34.5 Å². The molecule has 0 aliphatic heterocycles. The van der Waals surface area contributed by atoms with E-state index in [1.54, 1.807) is 6.07 Å². The van der Waals surface area contributed by atoms with E-state index < -0.39 is 5.91 Å². The quantitative estimate of drug-likeness (QED) is 0.881. The zero-order valence-electron chi connectivity index (χ0n) is 11.3. The van der Waals surface area contributed by atoms with Gasteiger partial charge < -0.3 is 11.1 Å². The highest BCUT2D eigenvalue weighted by Gasteiger charge is 2.08. The van der Waals surface area contributed by atoms with E-state index in [1.165, 1.54) is 5.56 Å². The van der Waals surface area contributed by atoms with Crippen molar-refractivity contribution in [2.24, 2.45) is 5.73 Å². The van der Waals surface area contributed by atoms with Gasteiger partial charge in [-0.15, -0.1) is 0 Å². The number of amides is 1. The van der Waals surface area contributed by atoms with E-state index >= 15 is 0 Å². The van der Waals surface area contributed by atoms with Crippen LogP contribution in [-0.2, 0) is 6.54 Å². The van der Waals surface area contributed by atoms with Gasteiger partial charge in [0.2, 0.25) is 5.91 Å². The van der Waals surface area contributed by atoms with Gasteiger partial charge in [-0.3, -0.25) is 4.79 Å². The predicted octanol–water partition coefficient (Wildman–Crippen LogP) is 3.40. The number of halogens is 1. The average Bonchev–Trinajstić information content (AvgIpc) is 2.45. The number of rotatable bonds is 5. The van der Waals surface area contributed by atoms with Crippen molar-refractivity contribution in [1.82, 2.24) is 5.32 Å². The molecule has 2 rings (SSSR count). The highest BCUT2D eigenvalue weighted by molar-refractivity contribution is 9.10. The molecule has 0 bridgehead atoms. The molecule has 3 N–H and O–H groups in total. The Labute approximate surface area is 127 Å². The first-order chi connectivity index (χ1) is 9.58. The van der Waals surface area contributed by atoms with Crippen molar-refractivity contribution in [3.63, 3.8) is 0 Å². The lowest BCUT2D eigenvalue weighted by molar-refractivity contribution is 0.1000. The van der Waals surface area contributed by atoms with Crippen LogP contribution in [-0.4, -0.2) is 5.91 Å². The molecule has 0 saturated heterocycles. The molecular weight excluding hydrogens is 316 g/mol. The first kappa shape index (κ1) is 14.8. The first-order valence-electron chi connectivity index (χ1n) is 6.44. The molecule has 0 heterocycles. The summed E-state index contributed by atoms with van der Waals surface area (Å²) in [4.78, 5) is 11.2. The summed E-state index contributed by atoms with van der Waals surface area (Å²) in [5.41, 5.74) is 8.07. The maximum atomic E-state index is 11.2. The Morgan fingerprint density at radius 3 is 2.70 bits per heavy atom. The third kappa shape index (κ3) is 3.68. The van der Waals surface area contributed by atoms with Crippen LogP contribution in [0.2, 0.25) is 0 Å². The lowest BCUT2D eigenvalue weighted by atomic mass is 10.1. The molecule has 1 amide bonds. The van der Waals surface area contributed by atoms with Crippen LogP contribution in [0, 0.1) is 0 Å². The van der Waals surface area contributed by atoms with Crippen LogP contribution >= 0.6 is 15.9 Å². The molecular formula is C16H17BrN2O.